The lowest BCUT2D eigenvalue weighted by Crippen LogP contribution is -2.56. The van der Waals surface area contributed by atoms with Gasteiger partial charge in [-0.15, -0.1) is 11.8 Å². The minimum absolute atomic E-state index is 0.0587. The highest BCUT2D eigenvalue weighted by Crippen LogP contribution is 2.66. The van der Waals surface area contributed by atoms with Crippen molar-refractivity contribution in [1.82, 2.24) is 0 Å². The number of hydrogen-bond donors (Lipinski definition) is 0. The van der Waals surface area contributed by atoms with Gasteiger partial charge in [-0.1, -0.05) is 174 Å². The predicted octanol–water partition coefficient (Wildman–Crippen LogP) is 18.6. The SMILES string of the molecule is CC(C)(C)c1ccc(-c2cc3c4c(c2)N(c2ccc5c(c2)C(C)(C)CCC5(C)C)c2cc5c(cc2B4C2=C(C4C(S2)C(C)(C)CCC4(C)C)N3c2ccc3c(c2)C(C)(C)CCC3(C)C)C(C)(C)CCC5(C)C)cc1. The predicted molar refractivity (Wildman–Crippen MR) is 323 cm³/mol. The van der Waals surface area contributed by atoms with Crippen LogP contribution in [0.1, 0.15) is 222 Å². The first-order chi connectivity index (χ1) is 34.2. The van der Waals surface area contributed by atoms with Gasteiger partial charge in [-0.3, -0.25) is 0 Å². The second kappa shape index (κ2) is 15.8. The van der Waals surface area contributed by atoms with E-state index in [1.165, 1.54) is 135 Å². The van der Waals surface area contributed by atoms with E-state index < -0.39 is 0 Å². The summed E-state index contributed by atoms with van der Waals surface area (Å²) in [5, 5.41) is 0.467. The first kappa shape index (κ1) is 50.7. The zero-order chi connectivity index (χ0) is 53.0. The number of benzene rings is 5. The van der Waals surface area contributed by atoms with Crippen molar-refractivity contribution >= 4 is 57.8 Å². The summed E-state index contributed by atoms with van der Waals surface area (Å²) in [4.78, 5) is 7.29. The van der Waals surface area contributed by atoms with Crippen LogP contribution in [-0.2, 0) is 37.9 Å². The monoisotopic (exact) mass is 1000 g/mol. The maximum atomic E-state index is 2.89. The molecular formula is C70H89BN2S. The molecule has 4 heteroatoms. The van der Waals surface area contributed by atoms with Crippen molar-refractivity contribution in [3.05, 3.63) is 134 Å². The molecular weight excluding hydrogens is 912 g/mol. The Morgan fingerprint density at radius 3 is 1.36 bits per heavy atom. The van der Waals surface area contributed by atoms with Gasteiger partial charge in [0.05, 0.1) is 0 Å². The second-order valence-electron chi connectivity index (χ2n) is 31.3. The molecule has 0 spiro atoms. The molecule has 2 nitrogen and oxygen atoms in total. The maximum Gasteiger partial charge on any atom is 0.259 e. The van der Waals surface area contributed by atoms with E-state index in [1.807, 2.05) is 0 Å². The topological polar surface area (TPSA) is 6.48 Å². The number of hydrogen-bond acceptors (Lipinski definition) is 3. The van der Waals surface area contributed by atoms with Gasteiger partial charge >= 0.3 is 0 Å². The molecule has 2 atom stereocenters. The first-order valence-electron chi connectivity index (χ1n) is 29.0. The summed E-state index contributed by atoms with van der Waals surface area (Å²) in [7, 11) is 0. The molecule has 0 amide bonds. The van der Waals surface area contributed by atoms with Gasteiger partial charge in [0, 0.05) is 45.3 Å². The van der Waals surface area contributed by atoms with Crippen LogP contribution in [0.15, 0.2) is 95.4 Å². The molecule has 2 unspecified atom stereocenters. The van der Waals surface area contributed by atoms with Crippen LogP contribution in [-0.4, -0.2) is 12.0 Å². The van der Waals surface area contributed by atoms with Crippen LogP contribution in [0.2, 0.25) is 0 Å². The summed E-state index contributed by atoms with van der Waals surface area (Å²) in [6, 6.07) is 35.9. The van der Waals surface area contributed by atoms with Crippen molar-refractivity contribution in [2.24, 2.45) is 16.7 Å². The van der Waals surface area contributed by atoms with Gasteiger partial charge in [-0.2, -0.15) is 0 Å². The van der Waals surface area contributed by atoms with Crippen LogP contribution >= 0.6 is 11.8 Å². The Balaban J connectivity index is 1.23. The molecule has 0 saturated heterocycles. The maximum absolute atomic E-state index is 2.89. The van der Waals surface area contributed by atoms with Crippen LogP contribution in [0.4, 0.5) is 28.4 Å². The van der Waals surface area contributed by atoms with Gasteiger partial charge in [-0.05, 0) is 208 Å². The largest absolute Gasteiger partial charge is 0.314 e. The van der Waals surface area contributed by atoms with Crippen LogP contribution in [0, 0.1) is 16.7 Å². The second-order valence-corrected chi connectivity index (χ2v) is 32.5. The van der Waals surface area contributed by atoms with Crippen molar-refractivity contribution < 1.29 is 0 Å². The van der Waals surface area contributed by atoms with Crippen molar-refractivity contribution in [2.75, 3.05) is 9.80 Å². The molecule has 4 aliphatic carbocycles. The fourth-order valence-corrected chi connectivity index (χ4v) is 17.8. The normalized spacial score (nSPS) is 25.5. The van der Waals surface area contributed by atoms with Crippen LogP contribution in [0.25, 0.3) is 11.1 Å². The summed E-state index contributed by atoms with van der Waals surface area (Å²) in [5.41, 5.74) is 25.4. The first-order valence-corrected chi connectivity index (χ1v) is 29.9. The highest BCUT2D eigenvalue weighted by atomic mass is 32.2. The van der Waals surface area contributed by atoms with E-state index in [2.05, 4.69) is 238 Å². The fourth-order valence-electron chi connectivity index (χ4n) is 15.7. The Kier molecular flexibility index (Phi) is 10.8. The van der Waals surface area contributed by atoms with Crippen molar-refractivity contribution in [3.63, 3.8) is 0 Å². The number of rotatable bonds is 3. The van der Waals surface area contributed by atoms with Gasteiger partial charge in [0.15, 0.2) is 0 Å². The minimum atomic E-state index is 0.0587. The van der Waals surface area contributed by atoms with Crippen LogP contribution < -0.4 is 20.7 Å². The molecule has 5 aromatic rings. The van der Waals surface area contributed by atoms with Crippen molar-refractivity contribution in [3.8, 4) is 11.1 Å². The van der Waals surface area contributed by atoms with Crippen molar-refractivity contribution in [1.29, 1.82) is 0 Å². The Labute approximate surface area is 453 Å². The third-order valence-corrected chi connectivity index (χ3v) is 23.2. The van der Waals surface area contributed by atoms with E-state index in [4.69, 9.17) is 0 Å². The highest BCUT2D eigenvalue weighted by molar-refractivity contribution is 8.06. The Hall–Kier alpha value is -4.15. The number of fused-ring (bicyclic) bond motifs is 8. The molecule has 1 fully saturated rings. The molecule has 0 bridgehead atoms. The van der Waals surface area contributed by atoms with E-state index >= 15 is 0 Å². The molecule has 5 aromatic carbocycles. The average molecular weight is 1000 g/mol. The third-order valence-electron chi connectivity index (χ3n) is 21.4. The minimum Gasteiger partial charge on any atom is -0.314 e. The molecule has 1 saturated carbocycles. The van der Waals surface area contributed by atoms with Gasteiger partial charge in [0.25, 0.3) is 6.71 Å². The smallest absolute Gasteiger partial charge is 0.259 e. The Bertz CT molecular complexity index is 3220. The molecule has 3 heterocycles. The standard InChI is InChI=1S/C70H89BN2S/c1-62(2,3)44-22-20-42(21-23-44)43-36-55-58-56(37-43)73(46-25-27-48-50(39-46)66(10,11)31-29-64(48,6)7)59-57-60(70(18,19)35-34-69(57,16)17)74-61(59)71(58)53-40-51-52(68(14,15)33-32-67(51,12)13)41-54(53)72(55)45-24-26-47-49(38-45)65(8,9)30-28-63(47,4)5/h20-27,36-41,57,60H,28-35H2,1-19H3. The molecule has 12 rings (SSSR count). The van der Waals surface area contributed by atoms with Crippen molar-refractivity contribution in [2.45, 2.75) is 226 Å². The molecule has 388 valence electrons. The Morgan fingerprint density at radius 1 is 0.432 bits per heavy atom. The number of allylic oxidation sites excluding steroid dienone is 1. The number of thioether (sulfide) groups is 1. The van der Waals surface area contributed by atoms with Crippen LogP contribution in [0.3, 0.4) is 0 Å². The van der Waals surface area contributed by atoms with Gasteiger partial charge in [-0.25, -0.2) is 0 Å². The molecule has 0 aromatic heterocycles. The summed E-state index contributed by atoms with van der Waals surface area (Å²) in [6.07, 6.45) is 9.67. The van der Waals surface area contributed by atoms with Gasteiger partial charge < -0.3 is 9.80 Å². The van der Waals surface area contributed by atoms with Crippen LogP contribution in [0.5, 0.6) is 0 Å². The van der Waals surface area contributed by atoms with Gasteiger partial charge in [0.2, 0.25) is 0 Å². The quantitative estimate of drug-likeness (QED) is 0.166. The summed E-state index contributed by atoms with van der Waals surface area (Å²) < 4.78 is 0. The molecule has 0 N–H and O–H groups in total. The number of anilines is 5. The third kappa shape index (κ3) is 7.44. The summed E-state index contributed by atoms with van der Waals surface area (Å²) in [5.74, 6) is 0.388. The zero-order valence-electron chi connectivity index (χ0n) is 49.3. The lowest BCUT2D eigenvalue weighted by molar-refractivity contribution is 0.0881. The lowest BCUT2D eigenvalue weighted by atomic mass is 9.35. The van der Waals surface area contributed by atoms with Gasteiger partial charge in [0.1, 0.15) is 0 Å². The highest BCUT2D eigenvalue weighted by Gasteiger charge is 2.60. The van der Waals surface area contributed by atoms with E-state index in [1.54, 1.807) is 16.1 Å². The fraction of sp³-hybridized carbons (Fsp3) is 0.543. The number of nitrogens with zero attached hydrogens (tertiary/aromatic N) is 2. The summed E-state index contributed by atoms with van der Waals surface area (Å²) >= 11 is 2.29. The average Bonchev–Trinajstić information content (AvgIpc) is 3.75. The molecule has 74 heavy (non-hydrogen) atoms. The van der Waals surface area contributed by atoms with E-state index in [0.29, 0.717) is 11.2 Å². The van der Waals surface area contributed by atoms with E-state index in [0.717, 1.165) is 0 Å². The molecule has 3 aliphatic heterocycles. The van der Waals surface area contributed by atoms with E-state index in [9.17, 15) is 0 Å². The molecule has 0 radical (unpaired) electrons. The lowest BCUT2D eigenvalue weighted by Gasteiger charge is -2.52. The zero-order valence-corrected chi connectivity index (χ0v) is 50.1. The molecule has 7 aliphatic rings. The summed E-state index contributed by atoms with van der Waals surface area (Å²) in [6.45, 7) is 47.7. The Morgan fingerprint density at radius 2 is 0.865 bits per heavy atom. The van der Waals surface area contributed by atoms with E-state index in [-0.39, 0.29) is 55.4 Å².